The van der Waals surface area contributed by atoms with Crippen LogP contribution in [0.1, 0.15) is 16.8 Å². The van der Waals surface area contributed by atoms with Crippen molar-refractivity contribution in [2.75, 3.05) is 0 Å². The molecule has 1 aromatic carbocycles. The van der Waals surface area contributed by atoms with Crippen molar-refractivity contribution in [1.29, 1.82) is 0 Å². The lowest BCUT2D eigenvalue weighted by atomic mass is 10.1. The van der Waals surface area contributed by atoms with E-state index >= 15 is 0 Å². The van der Waals surface area contributed by atoms with E-state index < -0.39 is 17.6 Å². The standard InChI is InChI=1S/C10H6Cl2F2O/c11-5-1-2-6(8(12)3-5)9(15)7-4-10(7,13)14/h1-3,7H,4H2. The van der Waals surface area contributed by atoms with E-state index in [4.69, 9.17) is 23.2 Å². The zero-order chi connectivity index (χ0) is 11.2. The molecule has 15 heavy (non-hydrogen) atoms. The summed E-state index contributed by atoms with van der Waals surface area (Å²) >= 11 is 11.4. The van der Waals surface area contributed by atoms with E-state index in [0.29, 0.717) is 5.02 Å². The summed E-state index contributed by atoms with van der Waals surface area (Å²) in [5, 5.41) is 0.495. The highest BCUT2D eigenvalue weighted by Gasteiger charge is 2.61. The van der Waals surface area contributed by atoms with E-state index in [-0.39, 0.29) is 17.0 Å². The van der Waals surface area contributed by atoms with Crippen molar-refractivity contribution >= 4 is 29.0 Å². The van der Waals surface area contributed by atoms with E-state index in [1.54, 1.807) is 0 Å². The normalized spacial score (nSPS) is 22.5. The van der Waals surface area contributed by atoms with Crippen LogP contribution in [-0.2, 0) is 0 Å². The van der Waals surface area contributed by atoms with Crippen LogP contribution in [0.15, 0.2) is 18.2 Å². The molecule has 1 aliphatic carbocycles. The lowest BCUT2D eigenvalue weighted by Gasteiger charge is -2.02. The molecule has 1 nitrogen and oxygen atoms in total. The number of hydrogen-bond acceptors (Lipinski definition) is 1. The Kier molecular flexibility index (Phi) is 2.47. The van der Waals surface area contributed by atoms with Gasteiger partial charge >= 0.3 is 0 Å². The molecule has 80 valence electrons. The van der Waals surface area contributed by atoms with Crippen molar-refractivity contribution in [1.82, 2.24) is 0 Å². The minimum atomic E-state index is -2.86. The first-order valence-electron chi connectivity index (χ1n) is 4.29. The van der Waals surface area contributed by atoms with Crippen LogP contribution >= 0.6 is 23.2 Å². The molecule has 0 spiro atoms. The smallest absolute Gasteiger partial charge is 0.259 e. The molecular formula is C10H6Cl2F2O. The van der Waals surface area contributed by atoms with Crippen molar-refractivity contribution in [3.05, 3.63) is 33.8 Å². The molecule has 1 fully saturated rings. The predicted octanol–water partition coefficient (Wildman–Crippen LogP) is 3.83. The van der Waals surface area contributed by atoms with Gasteiger partial charge in [-0.05, 0) is 18.2 Å². The van der Waals surface area contributed by atoms with Gasteiger partial charge in [0, 0.05) is 17.0 Å². The first-order chi connectivity index (χ1) is 6.92. The molecule has 1 saturated carbocycles. The predicted molar refractivity (Wildman–Crippen MR) is 53.8 cm³/mol. The largest absolute Gasteiger partial charge is 0.294 e. The Morgan fingerprint density at radius 1 is 1.40 bits per heavy atom. The zero-order valence-electron chi connectivity index (χ0n) is 7.44. The van der Waals surface area contributed by atoms with Crippen LogP contribution < -0.4 is 0 Å². The van der Waals surface area contributed by atoms with Gasteiger partial charge in [-0.25, -0.2) is 8.78 Å². The van der Waals surface area contributed by atoms with Gasteiger partial charge in [0.2, 0.25) is 0 Å². The fraction of sp³-hybridized carbons (Fsp3) is 0.300. The van der Waals surface area contributed by atoms with Gasteiger partial charge in [-0.3, -0.25) is 4.79 Å². The van der Waals surface area contributed by atoms with Crippen LogP contribution in [0.3, 0.4) is 0 Å². The Morgan fingerprint density at radius 2 is 2.00 bits per heavy atom. The van der Waals surface area contributed by atoms with Gasteiger partial charge in [-0.2, -0.15) is 0 Å². The highest BCUT2D eigenvalue weighted by Crippen LogP contribution is 2.50. The Hall–Kier alpha value is -0.670. The molecule has 1 atom stereocenters. The summed E-state index contributed by atoms with van der Waals surface area (Å²) in [6, 6.07) is 4.21. The SMILES string of the molecule is O=C(c1ccc(Cl)cc1Cl)C1CC1(F)F. The summed E-state index contributed by atoms with van der Waals surface area (Å²) in [7, 11) is 0. The molecule has 5 heteroatoms. The molecule has 0 aromatic heterocycles. The van der Waals surface area contributed by atoms with Crippen molar-refractivity contribution in [3.8, 4) is 0 Å². The van der Waals surface area contributed by atoms with Crippen LogP contribution in [0.5, 0.6) is 0 Å². The summed E-state index contributed by atoms with van der Waals surface area (Å²) in [5.74, 6) is -4.68. The summed E-state index contributed by atoms with van der Waals surface area (Å²) < 4.78 is 25.3. The molecule has 0 amide bonds. The third-order valence-corrected chi connectivity index (χ3v) is 2.89. The van der Waals surface area contributed by atoms with Gasteiger partial charge in [0.15, 0.2) is 5.78 Å². The fourth-order valence-electron chi connectivity index (χ4n) is 1.37. The summed E-state index contributed by atoms with van der Waals surface area (Å²) in [5.41, 5.74) is 0.114. The van der Waals surface area contributed by atoms with Gasteiger partial charge in [-0.15, -0.1) is 0 Å². The molecule has 2 rings (SSSR count). The molecular weight excluding hydrogens is 245 g/mol. The number of hydrogen-bond donors (Lipinski definition) is 0. The van der Waals surface area contributed by atoms with E-state index in [2.05, 4.69) is 0 Å². The molecule has 1 aromatic rings. The first-order valence-corrected chi connectivity index (χ1v) is 5.04. The Morgan fingerprint density at radius 3 is 2.47 bits per heavy atom. The van der Waals surface area contributed by atoms with Crippen LogP contribution in [0.2, 0.25) is 10.0 Å². The van der Waals surface area contributed by atoms with Crippen LogP contribution in [-0.4, -0.2) is 11.7 Å². The molecule has 0 bridgehead atoms. The molecule has 0 saturated heterocycles. The number of ketones is 1. The van der Waals surface area contributed by atoms with E-state index in [1.165, 1.54) is 18.2 Å². The summed E-state index contributed by atoms with van der Waals surface area (Å²) in [6.45, 7) is 0. The third-order valence-electron chi connectivity index (χ3n) is 2.34. The number of rotatable bonds is 2. The lowest BCUT2D eigenvalue weighted by molar-refractivity contribution is 0.0757. The van der Waals surface area contributed by atoms with E-state index in [9.17, 15) is 13.6 Å². The third kappa shape index (κ3) is 1.99. The maximum absolute atomic E-state index is 12.7. The molecule has 0 heterocycles. The Balaban J connectivity index is 2.27. The van der Waals surface area contributed by atoms with E-state index in [1.807, 2.05) is 0 Å². The summed E-state index contributed by atoms with van der Waals surface area (Å²) in [4.78, 5) is 11.5. The van der Waals surface area contributed by atoms with Gasteiger partial charge in [0.1, 0.15) is 0 Å². The quantitative estimate of drug-likeness (QED) is 0.730. The van der Waals surface area contributed by atoms with Crippen LogP contribution in [0.4, 0.5) is 8.78 Å². The highest BCUT2D eigenvalue weighted by molar-refractivity contribution is 6.37. The van der Waals surface area contributed by atoms with Crippen LogP contribution in [0.25, 0.3) is 0 Å². The van der Waals surface area contributed by atoms with Crippen molar-refractivity contribution < 1.29 is 13.6 Å². The minimum absolute atomic E-state index is 0.114. The first kappa shape index (κ1) is 10.8. The van der Waals surface area contributed by atoms with Gasteiger partial charge in [0.25, 0.3) is 5.92 Å². The Bertz CT molecular complexity index is 431. The summed E-state index contributed by atoms with van der Waals surface area (Å²) in [6.07, 6.45) is -0.384. The zero-order valence-corrected chi connectivity index (χ0v) is 8.95. The second-order valence-corrected chi connectivity index (χ2v) is 4.35. The Labute approximate surface area is 95.0 Å². The molecule has 1 unspecified atom stereocenters. The van der Waals surface area contributed by atoms with Crippen molar-refractivity contribution in [2.24, 2.45) is 5.92 Å². The van der Waals surface area contributed by atoms with Gasteiger partial charge in [-0.1, -0.05) is 23.2 Å². The number of Topliss-reactive ketones (excluding diaryl/α,β-unsaturated/α-hetero) is 1. The molecule has 0 N–H and O–H groups in total. The van der Waals surface area contributed by atoms with E-state index in [0.717, 1.165) is 0 Å². The number of carbonyl (C=O) groups is 1. The minimum Gasteiger partial charge on any atom is -0.294 e. The molecule has 0 aliphatic heterocycles. The average Bonchev–Trinajstić information content (AvgIpc) is 2.74. The number of carbonyl (C=O) groups excluding carboxylic acids is 1. The number of alkyl halides is 2. The van der Waals surface area contributed by atoms with Gasteiger partial charge in [0.05, 0.1) is 10.9 Å². The van der Waals surface area contributed by atoms with Gasteiger partial charge < -0.3 is 0 Å². The number of halogens is 4. The second kappa shape index (κ2) is 3.42. The molecule has 0 radical (unpaired) electrons. The fourth-order valence-corrected chi connectivity index (χ4v) is 1.88. The van der Waals surface area contributed by atoms with Crippen LogP contribution in [0, 0.1) is 5.92 Å². The monoisotopic (exact) mass is 250 g/mol. The topological polar surface area (TPSA) is 17.1 Å². The highest BCUT2D eigenvalue weighted by atomic mass is 35.5. The molecule has 1 aliphatic rings. The lowest BCUT2D eigenvalue weighted by Crippen LogP contribution is -2.08. The maximum Gasteiger partial charge on any atom is 0.259 e. The second-order valence-electron chi connectivity index (χ2n) is 3.51. The van der Waals surface area contributed by atoms with Crippen molar-refractivity contribution in [2.45, 2.75) is 12.3 Å². The maximum atomic E-state index is 12.7. The average molecular weight is 251 g/mol. The number of benzene rings is 1. The van der Waals surface area contributed by atoms with Crippen molar-refractivity contribution in [3.63, 3.8) is 0 Å².